The maximum atomic E-state index is 6.16. The Balaban J connectivity index is 1.75. The lowest BCUT2D eigenvalue weighted by Crippen LogP contribution is -2.41. The van der Waals surface area contributed by atoms with Crippen LogP contribution in [0.5, 0.6) is 0 Å². The zero-order valence-electron chi connectivity index (χ0n) is 13.3. The van der Waals surface area contributed by atoms with E-state index in [0.717, 1.165) is 19.5 Å². The second kappa shape index (κ2) is 5.14. The lowest BCUT2D eigenvalue weighted by molar-refractivity contribution is 0.00578. The van der Waals surface area contributed by atoms with Crippen LogP contribution < -0.4 is 4.90 Å². The largest absolute Gasteiger partial charge is 0.492 e. The van der Waals surface area contributed by atoms with Gasteiger partial charge in [-0.15, -0.1) is 0 Å². The summed E-state index contributed by atoms with van der Waals surface area (Å²) >= 11 is 0. The number of pyridine rings is 1. The van der Waals surface area contributed by atoms with Crippen LogP contribution in [0.25, 0.3) is 0 Å². The summed E-state index contributed by atoms with van der Waals surface area (Å²) in [6.07, 6.45) is 6.95. The van der Waals surface area contributed by atoms with E-state index in [1.54, 1.807) is 0 Å². The minimum atomic E-state index is -0.280. The third-order valence-corrected chi connectivity index (χ3v) is 4.76. The van der Waals surface area contributed by atoms with Gasteiger partial charge in [0.25, 0.3) is 0 Å². The number of anilines is 1. The highest BCUT2D eigenvalue weighted by Gasteiger charge is 2.52. The van der Waals surface area contributed by atoms with Crippen LogP contribution in [0.4, 0.5) is 5.69 Å². The highest BCUT2D eigenvalue weighted by Crippen LogP contribution is 2.39. The summed E-state index contributed by atoms with van der Waals surface area (Å²) in [5, 5.41) is 0. The van der Waals surface area contributed by atoms with Gasteiger partial charge < -0.3 is 14.2 Å². The molecule has 1 aromatic heterocycles. The lowest BCUT2D eigenvalue weighted by Gasteiger charge is -2.32. The van der Waals surface area contributed by atoms with E-state index in [1.165, 1.54) is 11.2 Å². The molecule has 0 atom stereocenters. The van der Waals surface area contributed by atoms with E-state index in [9.17, 15) is 0 Å². The Hall–Kier alpha value is -1.33. The van der Waals surface area contributed by atoms with Crippen molar-refractivity contribution in [1.82, 2.24) is 4.98 Å². The second-order valence-corrected chi connectivity index (χ2v) is 6.78. The first-order valence-corrected chi connectivity index (χ1v) is 7.59. The van der Waals surface area contributed by atoms with Gasteiger partial charge in [-0.3, -0.25) is 4.98 Å². The number of aromatic nitrogens is 1. The zero-order valence-corrected chi connectivity index (χ0v) is 13.3. The van der Waals surface area contributed by atoms with Crippen molar-refractivity contribution in [2.24, 2.45) is 0 Å². The van der Waals surface area contributed by atoms with E-state index < -0.39 is 0 Å². The van der Waals surface area contributed by atoms with Gasteiger partial charge in [0.15, 0.2) is 0 Å². The van der Waals surface area contributed by atoms with Crippen molar-refractivity contribution in [1.29, 1.82) is 0 Å². The third-order valence-electron chi connectivity index (χ3n) is 4.76. The molecule has 0 amide bonds. The second-order valence-electron chi connectivity index (χ2n) is 6.78. The first-order chi connectivity index (χ1) is 9.89. The molecule has 21 heavy (non-hydrogen) atoms. The average molecular weight is 286 g/mol. The zero-order chi connectivity index (χ0) is 15.1. The topological polar surface area (TPSA) is 34.6 Å². The van der Waals surface area contributed by atoms with Crippen LogP contribution in [-0.4, -0.2) is 36.4 Å². The Morgan fingerprint density at radius 2 is 1.71 bits per heavy atom. The molecule has 0 bridgehead atoms. The molecule has 0 aliphatic carbocycles. The van der Waals surface area contributed by atoms with Crippen LogP contribution in [0.1, 0.15) is 34.1 Å². The fourth-order valence-corrected chi connectivity index (χ4v) is 2.71. The summed E-state index contributed by atoms with van der Waals surface area (Å²) in [6.45, 7) is 10.2. The van der Waals surface area contributed by atoms with E-state index >= 15 is 0 Å². The molecule has 4 nitrogen and oxygen atoms in total. The monoisotopic (exact) mass is 286 g/mol. The Labute approximate surface area is 127 Å². The number of rotatable bonds is 2. The van der Waals surface area contributed by atoms with Crippen molar-refractivity contribution in [2.45, 2.75) is 45.3 Å². The molecule has 3 rings (SSSR count). The quantitative estimate of drug-likeness (QED) is 0.783. The summed E-state index contributed by atoms with van der Waals surface area (Å²) in [6, 6.07) is 4.10. The van der Waals surface area contributed by atoms with Gasteiger partial charge in [-0.1, -0.05) is 6.08 Å². The van der Waals surface area contributed by atoms with Gasteiger partial charge in [0.05, 0.1) is 11.2 Å². The first kappa shape index (κ1) is 14.6. The molecule has 5 heteroatoms. The summed E-state index contributed by atoms with van der Waals surface area (Å²) in [4.78, 5) is 6.43. The van der Waals surface area contributed by atoms with Gasteiger partial charge in [0, 0.05) is 31.2 Å². The molecule has 2 aliphatic heterocycles. The Morgan fingerprint density at radius 3 is 2.33 bits per heavy atom. The predicted octanol–water partition coefficient (Wildman–Crippen LogP) is 2.85. The molecule has 2 aliphatic rings. The number of hydrogen-bond donors (Lipinski definition) is 0. The fourth-order valence-electron chi connectivity index (χ4n) is 2.71. The highest BCUT2D eigenvalue weighted by molar-refractivity contribution is 6.55. The Morgan fingerprint density at radius 1 is 1.10 bits per heavy atom. The molecule has 0 aromatic carbocycles. The van der Waals surface area contributed by atoms with Gasteiger partial charge in [-0.2, -0.15) is 0 Å². The van der Waals surface area contributed by atoms with Crippen LogP contribution in [0.2, 0.25) is 0 Å². The molecule has 0 saturated carbocycles. The molecular weight excluding hydrogens is 263 g/mol. The smallest absolute Gasteiger partial charge is 0.400 e. The summed E-state index contributed by atoms with van der Waals surface area (Å²) < 4.78 is 12.3. The van der Waals surface area contributed by atoms with Gasteiger partial charge in [0.2, 0.25) is 0 Å². The highest BCUT2D eigenvalue weighted by atomic mass is 16.7. The minimum absolute atomic E-state index is 0.236. The van der Waals surface area contributed by atoms with Crippen molar-refractivity contribution in [3.63, 3.8) is 0 Å². The standard InChI is InChI=1S/C16H23BN2O2/c1-15(2)16(3,4)21-17(20-15)13-6-5-11-19(12-13)14-7-9-18-10-8-14/h6-10H,5,11-12H2,1-4H3. The van der Waals surface area contributed by atoms with Crippen LogP contribution in [0.15, 0.2) is 36.1 Å². The molecule has 0 N–H and O–H groups in total. The first-order valence-electron chi connectivity index (χ1n) is 7.59. The van der Waals surface area contributed by atoms with Crippen molar-refractivity contribution in [2.75, 3.05) is 18.0 Å². The van der Waals surface area contributed by atoms with Crippen molar-refractivity contribution >= 4 is 12.8 Å². The van der Waals surface area contributed by atoms with E-state index in [4.69, 9.17) is 9.31 Å². The van der Waals surface area contributed by atoms with Crippen molar-refractivity contribution in [3.05, 3.63) is 36.1 Å². The SMILES string of the molecule is CC1(C)OB(C2=CCCN(c3ccncc3)C2)OC1(C)C. The number of nitrogens with zero attached hydrogens (tertiary/aromatic N) is 2. The van der Waals surface area contributed by atoms with Gasteiger partial charge in [-0.05, 0) is 51.7 Å². The van der Waals surface area contributed by atoms with Crippen LogP contribution in [-0.2, 0) is 9.31 Å². The van der Waals surface area contributed by atoms with E-state index in [1.807, 2.05) is 24.5 Å². The van der Waals surface area contributed by atoms with Crippen molar-refractivity contribution in [3.8, 4) is 0 Å². The van der Waals surface area contributed by atoms with Crippen LogP contribution in [0.3, 0.4) is 0 Å². The van der Waals surface area contributed by atoms with E-state index in [2.05, 4.69) is 43.7 Å². The van der Waals surface area contributed by atoms with Gasteiger partial charge in [-0.25, -0.2) is 0 Å². The molecular formula is C16H23BN2O2. The molecule has 0 spiro atoms. The summed E-state index contributed by atoms with van der Waals surface area (Å²) in [7, 11) is -0.236. The molecule has 0 radical (unpaired) electrons. The molecule has 3 heterocycles. The molecule has 1 aromatic rings. The number of hydrogen-bond acceptors (Lipinski definition) is 4. The van der Waals surface area contributed by atoms with E-state index in [0.29, 0.717) is 0 Å². The Kier molecular flexibility index (Phi) is 3.58. The molecule has 112 valence electrons. The maximum Gasteiger partial charge on any atom is 0.492 e. The Bertz CT molecular complexity index is 526. The summed E-state index contributed by atoms with van der Waals surface area (Å²) in [5.74, 6) is 0. The van der Waals surface area contributed by atoms with E-state index in [-0.39, 0.29) is 18.3 Å². The van der Waals surface area contributed by atoms with Crippen LogP contribution in [0, 0.1) is 0 Å². The molecule has 1 fully saturated rings. The fraction of sp³-hybridized carbons (Fsp3) is 0.562. The normalized spacial score (nSPS) is 24.1. The minimum Gasteiger partial charge on any atom is -0.400 e. The van der Waals surface area contributed by atoms with Crippen molar-refractivity contribution < 1.29 is 9.31 Å². The maximum absolute atomic E-state index is 6.16. The summed E-state index contributed by atoms with van der Waals surface area (Å²) in [5.41, 5.74) is 1.86. The third kappa shape index (κ3) is 2.72. The average Bonchev–Trinajstić information content (AvgIpc) is 2.69. The van der Waals surface area contributed by atoms with Gasteiger partial charge >= 0.3 is 7.12 Å². The van der Waals surface area contributed by atoms with Crippen LogP contribution >= 0.6 is 0 Å². The van der Waals surface area contributed by atoms with Gasteiger partial charge in [0.1, 0.15) is 0 Å². The predicted molar refractivity (Wildman–Crippen MR) is 85.2 cm³/mol. The molecule has 1 saturated heterocycles. The lowest BCUT2D eigenvalue weighted by atomic mass is 9.76. The molecule has 0 unspecified atom stereocenters.